The summed E-state index contributed by atoms with van der Waals surface area (Å²) < 4.78 is 24.2. The van der Waals surface area contributed by atoms with Crippen LogP contribution < -0.4 is 14.5 Å². The number of nitrogens with zero attached hydrogens (tertiary/aromatic N) is 1. The molecule has 0 radical (unpaired) electrons. The van der Waals surface area contributed by atoms with E-state index in [9.17, 15) is 14.3 Å². The predicted molar refractivity (Wildman–Crippen MR) is 103 cm³/mol. The Bertz CT molecular complexity index is 776. The summed E-state index contributed by atoms with van der Waals surface area (Å²) in [5, 5.41) is 10.3. The Labute approximate surface area is 164 Å². The van der Waals surface area contributed by atoms with Crippen LogP contribution in [-0.4, -0.2) is 63.6 Å². The van der Waals surface area contributed by atoms with E-state index < -0.39 is 12.1 Å². The second kappa shape index (κ2) is 9.52. The lowest BCUT2D eigenvalue weighted by atomic mass is 10.2. The molecule has 0 aliphatic carbocycles. The van der Waals surface area contributed by atoms with Crippen molar-refractivity contribution in [2.75, 3.05) is 51.3 Å². The molecule has 1 atom stereocenters. The number of aliphatic hydroxyl groups is 1. The Morgan fingerprint density at radius 3 is 2.50 bits per heavy atom. The number of quaternary nitrogens is 1. The molecule has 7 heteroatoms. The fourth-order valence-electron chi connectivity index (χ4n) is 3.37. The van der Waals surface area contributed by atoms with Crippen molar-refractivity contribution in [3.8, 4) is 5.75 Å². The topological polar surface area (TPSA) is 63.4 Å². The highest BCUT2D eigenvalue weighted by atomic mass is 19.1. The van der Waals surface area contributed by atoms with E-state index in [4.69, 9.17) is 4.74 Å². The van der Waals surface area contributed by atoms with Gasteiger partial charge in [-0.2, -0.15) is 0 Å². The molecule has 0 bridgehead atoms. The lowest BCUT2D eigenvalue weighted by Gasteiger charge is -2.34. The zero-order valence-corrected chi connectivity index (χ0v) is 15.9. The third-order valence-corrected chi connectivity index (χ3v) is 4.91. The maximum Gasteiger partial charge on any atom is 0.337 e. The van der Waals surface area contributed by atoms with Crippen LogP contribution in [0.3, 0.4) is 0 Å². The summed E-state index contributed by atoms with van der Waals surface area (Å²) in [6.45, 7) is 3.92. The normalized spacial score (nSPS) is 15.9. The molecule has 2 aromatic carbocycles. The van der Waals surface area contributed by atoms with Crippen LogP contribution in [0, 0.1) is 5.82 Å². The summed E-state index contributed by atoms with van der Waals surface area (Å²) in [5.74, 6) is -0.00612. The number of rotatable bonds is 7. The van der Waals surface area contributed by atoms with Gasteiger partial charge >= 0.3 is 5.97 Å². The number of ether oxygens (including phenoxy) is 2. The largest absolute Gasteiger partial charge is 0.491 e. The van der Waals surface area contributed by atoms with E-state index in [2.05, 4.69) is 4.74 Å². The smallest absolute Gasteiger partial charge is 0.337 e. The molecule has 3 rings (SSSR count). The Kier molecular flexibility index (Phi) is 6.84. The summed E-state index contributed by atoms with van der Waals surface area (Å²) in [6, 6.07) is 13.4. The van der Waals surface area contributed by atoms with Crippen molar-refractivity contribution in [2.24, 2.45) is 0 Å². The molecule has 150 valence electrons. The first kappa shape index (κ1) is 20.1. The van der Waals surface area contributed by atoms with Gasteiger partial charge in [0, 0.05) is 0 Å². The molecule has 1 heterocycles. The molecular formula is C21H26FN2O4+. The van der Waals surface area contributed by atoms with Gasteiger partial charge in [-0.15, -0.1) is 0 Å². The second-order valence-electron chi connectivity index (χ2n) is 6.87. The van der Waals surface area contributed by atoms with E-state index in [1.165, 1.54) is 18.1 Å². The van der Waals surface area contributed by atoms with Crippen molar-refractivity contribution in [2.45, 2.75) is 6.10 Å². The number of piperazine rings is 1. The molecule has 0 amide bonds. The minimum atomic E-state index is -0.602. The summed E-state index contributed by atoms with van der Waals surface area (Å²) in [4.78, 5) is 14.7. The van der Waals surface area contributed by atoms with Crippen molar-refractivity contribution in [3.63, 3.8) is 0 Å². The zero-order valence-electron chi connectivity index (χ0n) is 15.9. The first-order valence-corrected chi connectivity index (χ1v) is 9.39. The fourth-order valence-corrected chi connectivity index (χ4v) is 3.37. The van der Waals surface area contributed by atoms with Crippen LogP contribution in [0.4, 0.5) is 10.1 Å². The van der Waals surface area contributed by atoms with Gasteiger partial charge in [-0.05, 0) is 36.4 Å². The van der Waals surface area contributed by atoms with Gasteiger partial charge in [-0.25, -0.2) is 9.18 Å². The van der Waals surface area contributed by atoms with Gasteiger partial charge in [0.05, 0.1) is 44.5 Å². The molecule has 1 saturated heterocycles. The lowest BCUT2D eigenvalue weighted by molar-refractivity contribution is -0.903. The molecule has 1 fully saturated rings. The number of carbonyl (C=O) groups excluding carboxylic acids is 1. The van der Waals surface area contributed by atoms with Crippen molar-refractivity contribution in [1.29, 1.82) is 0 Å². The number of halogens is 1. The first-order valence-electron chi connectivity index (χ1n) is 9.39. The fraction of sp³-hybridized carbons (Fsp3) is 0.381. The Morgan fingerprint density at radius 2 is 1.86 bits per heavy atom. The monoisotopic (exact) mass is 389 g/mol. The number of methoxy groups -OCH3 is 1. The Morgan fingerprint density at radius 1 is 1.18 bits per heavy atom. The van der Waals surface area contributed by atoms with Crippen LogP contribution in [0.15, 0.2) is 48.5 Å². The van der Waals surface area contributed by atoms with E-state index in [1.54, 1.807) is 36.4 Å². The number of aliphatic hydroxyl groups excluding tert-OH is 1. The highest BCUT2D eigenvalue weighted by Crippen LogP contribution is 2.18. The summed E-state index contributed by atoms with van der Waals surface area (Å²) in [7, 11) is 1.33. The van der Waals surface area contributed by atoms with E-state index in [0.29, 0.717) is 23.5 Å². The van der Waals surface area contributed by atoms with Crippen LogP contribution in [0.1, 0.15) is 10.4 Å². The number of nitrogens with one attached hydrogen (secondary N) is 1. The molecule has 0 unspecified atom stereocenters. The van der Waals surface area contributed by atoms with Crippen LogP contribution in [0.2, 0.25) is 0 Å². The SMILES string of the molecule is COC(=O)c1ccc(OC[C@@H](O)C[NH+]2CCN(c3ccccc3F)CC2)cc1. The number of hydrogen-bond acceptors (Lipinski definition) is 5. The number of para-hydroxylation sites is 1. The zero-order chi connectivity index (χ0) is 19.9. The molecule has 0 aromatic heterocycles. The number of hydrogen-bond donors (Lipinski definition) is 2. The van der Waals surface area contributed by atoms with Crippen molar-refractivity contribution in [1.82, 2.24) is 0 Å². The highest BCUT2D eigenvalue weighted by molar-refractivity contribution is 5.89. The van der Waals surface area contributed by atoms with Crippen LogP contribution in [-0.2, 0) is 4.74 Å². The van der Waals surface area contributed by atoms with Gasteiger partial charge in [0.25, 0.3) is 0 Å². The predicted octanol–water partition coefficient (Wildman–Crippen LogP) is 0.757. The third-order valence-electron chi connectivity index (χ3n) is 4.91. The molecule has 0 spiro atoms. The summed E-state index contributed by atoms with van der Waals surface area (Å²) >= 11 is 0. The number of carbonyl (C=O) groups is 1. The number of esters is 1. The van der Waals surface area contributed by atoms with Crippen LogP contribution in [0.5, 0.6) is 5.75 Å². The van der Waals surface area contributed by atoms with E-state index in [-0.39, 0.29) is 12.4 Å². The maximum atomic E-state index is 13.9. The number of anilines is 1. The van der Waals surface area contributed by atoms with Crippen molar-refractivity contribution < 1.29 is 28.7 Å². The molecule has 28 heavy (non-hydrogen) atoms. The third kappa shape index (κ3) is 5.21. The quantitative estimate of drug-likeness (QED) is 0.685. The Hall–Kier alpha value is -2.64. The average molecular weight is 389 g/mol. The summed E-state index contributed by atoms with van der Waals surface area (Å²) in [5.41, 5.74) is 1.09. The molecule has 6 nitrogen and oxygen atoms in total. The maximum absolute atomic E-state index is 13.9. The van der Waals surface area contributed by atoms with E-state index in [0.717, 1.165) is 26.2 Å². The minimum Gasteiger partial charge on any atom is -0.491 e. The molecule has 2 aromatic rings. The van der Waals surface area contributed by atoms with Gasteiger partial charge in [0.2, 0.25) is 0 Å². The first-order chi connectivity index (χ1) is 13.6. The molecule has 0 saturated carbocycles. The van der Waals surface area contributed by atoms with Gasteiger partial charge < -0.3 is 24.4 Å². The standard InChI is InChI=1S/C21H25FN2O4/c1-27-21(26)16-6-8-18(9-7-16)28-15-17(25)14-23-10-12-24(13-11-23)20-5-3-2-4-19(20)22/h2-9,17,25H,10-15H2,1H3/p+1/t17-/m0/s1. The molecule has 1 aliphatic heterocycles. The van der Waals surface area contributed by atoms with Gasteiger partial charge in [0.15, 0.2) is 0 Å². The van der Waals surface area contributed by atoms with Gasteiger partial charge in [-0.1, -0.05) is 12.1 Å². The van der Waals surface area contributed by atoms with Crippen molar-refractivity contribution >= 4 is 11.7 Å². The van der Waals surface area contributed by atoms with E-state index >= 15 is 0 Å². The second-order valence-corrected chi connectivity index (χ2v) is 6.87. The minimum absolute atomic E-state index is 0.179. The van der Waals surface area contributed by atoms with Gasteiger partial charge in [0.1, 0.15) is 30.8 Å². The molecular weight excluding hydrogens is 363 g/mol. The lowest BCUT2D eigenvalue weighted by Crippen LogP contribution is -3.16. The van der Waals surface area contributed by atoms with Gasteiger partial charge in [-0.3, -0.25) is 0 Å². The van der Waals surface area contributed by atoms with Crippen LogP contribution in [0.25, 0.3) is 0 Å². The van der Waals surface area contributed by atoms with E-state index in [1.807, 2.05) is 11.0 Å². The van der Waals surface area contributed by atoms with Crippen LogP contribution >= 0.6 is 0 Å². The van der Waals surface area contributed by atoms with Crippen molar-refractivity contribution in [3.05, 3.63) is 59.9 Å². The number of benzene rings is 2. The summed E-state index contributed by atoms with van der Waals surface area (Å²) in [6.07, 6.45) is -0.602. The molecule has 1 aliphatic rings. The molecule has 2 N–H and O–H groups in total. The average Bonchev–Trinajstić information content (AvgIpc) is 2.73. The Balaban J connectivity index is 1.41. The highest BCUT2D eigenvalue weighted by Gasteiger charge is 2.24.